The smallest absolute Gasteiger partial charge is 0.105 e. The predicted octanol–water partition coefficient (Wildman–Crippen LogP) is 12.5. The molecule has 4 heteroatoms. The van der Waals surface area contributed by atoms with Gasteiger partial charge >= 0.3 is 0 Å². The number of fused-ring (bicyclic) bond motifs is 4. The molecule has 0 fully saturated rings. The maximum Gasteiger partial charge on any atom is 0.105 e. The SMILES string of the molecule is OCc1cc2cc(C(O)c3ccc4ccccc4c3)c3ccc(C(O)c4ccc5ccccc5c4)c4c5ccc(C(O)c6ccc7ccccc7c6)c6ccc1c(c65)c2c34. The summed E-state index contributed by atoms with van der Waals surface area (Å²) in [6, 6.07) is 59.4. The molecular formula is C56H38O4. The first-order valence-corrected chi connectivity index (χ1v) is 20.5. The maximum absolute atomic E-state index is 12.6. The van der Waals surface area contributed by atoms with Crippen LogP contribution in [0.25, 0.3) is 86.2 Å². The minimum Gasteiger partial charge on any atom is -0.392 e. The van der Waals surface area contributed by atoms with E-state index < -0.39 is 18.3 Å². The Bertz CT molecular complexity index is 3660. The molecule has 12 aromatic carbocycles. The fraction of sp³-hybridized carbons (Fsp3) is 0.0714. The van der Waals surface area contributed by atoms with Crippen LogP contribution in [0.4, 0.5) is 0 Å². The van der Waals surface area contributed by atoms with E-state index in [4.69, 9.17) is 0 Å². The van der Waals surface area contributed by atoms with Gasteiger partial charge in [-0.1, -0.05) is 146 Å². The summed E-state index contributed by atoms with van der Waals surface area (Å²) >= 11 is 0. The Morgan fingerprint density at radius 2 is 0.733 bits per heavy atom. The second-order valence-electron chi connectivity index (χ2n) is 16.4. The Labute approximate surface area is 345 Å². The van der Waals surface area contributed by atoms with Gasteiger partial charge in [-0.15, -0.1) is 0 Å². The average Bonchev–Trinajstić information content (AvgIpc) is 3.31. The molecule has 4 nitrogen and oxygen atoms in total. The summed E-state index contributed by atoms with van der Waals surface area (Å²) in [6.45, 7) is -0.166. The second kappa shape index (κ2) is 13.3. The molecule has 0 spiro atoms. The summed E-state index contributed by atoms with van der Waals surface area (Å²) in [6.07, 6.45) is -2.82. The molecule has 0 saturated carbocycles. The Hall–Kier alpha value is -6.92. The third-order valence-electron chi connectivity index (χ3n) is 13.1. The van der Waals surface area contributed by atoms with Crippen molar-refractivity contribution < 1.29 is 20.4 Å². The summed E-state index contributed by atoms with van der Waals surface area (Å²) in [7, 11) is 0. The van der Waals surface area contributed by atoms with E-state index in [1.54, 1.807) is 0 Å². The van der Waals surface area contributed by atoms with Gasteiger partial charge in [-0.3, -0.25) is 0 Å². The van der Waals surface area contributed by atoms with Gasteiger partial charge in [0, 0.05) is 0 Å². The molecule has 0 bridgehead atoms. The molecule has 12 rings (SSSR count). The van der Waals surface area contributed by atoms with Gasteiger partial charge in [-0.2, -0.15) is 0 Å². The van der Waals surface area contributed by atoms with E-state index in [0.29, 0.717) is 0 Å². The van der Waals surface area contributed by atoms with Gasteiger partial charge in [0.2, 0.25) is 0 Å². The van der Waals surface area contributed by atoms with Crippen molar-refractivity contribution in [2.75, 3.05) is 0 Å². The molecule has 0 aliphatic rings. The van der Waals surface area contributed by atoms with Crippen molar-refractivity contribution >= 4 is 86.2 Å². The van der Waals surface area contributed by atoms with E-state index in [1.807, 2.05) is 66.7 Å². The predicted molar refractivity (Wildman–Crippen MR) is 246 cm³/mol. The first kappa shape index (κ1) is 35.1. The molecule has 12 aromatic rings. The van der Waals surface area contributed by atoms with Gasteiger partial charge in [-0.25, -0.2) is 0 Å². The van der Waals surface area contributed by atoms with Crippen LogP contribution < -0.4 is 0 Å². The van der Waals surface area contributed by atoms with E-state index in [1.165, 1.54) is 0 Å². The number of aliphatic hydroxyl groups excluding tert-OH is 4. The Balaban J connectivity index is 1.18. The molecule has 3 atom stereocenters. The van der Waals surface area contributed by atoms with Crippen LogP contribution >= 0.6 is 0 Å². The van der Waals surface area contributed by atoms with Crippen molar-refractivity contribution in [2.24, 2.45) is 0 Å². The first-order valence-electron chi connectivity index (χ1n) is 20.5. The van der Waals surface area contributed by atoms with Crippen molar-refractivity contribution in [1.82, 2.24) is 0 Å². The van der Waals surface area contributed by atoms with Gasteiger partial charge in [-0.05, 0) is 155 Å². The highest BCUT2D eigenvalue weighted by Gasteiger charge is 2.28. The number of rotatable bonds is 7. The molecule has 0 aliphatic heterocycles. The molecule has 0 aromatic heterocycles. The van der Waals surface area contributed by atoms with E-state index in [9.17, 15) is 20.4 Å². The van der Waals surface area contributed by atoms with Crippen LogP contribution in [0.15, 0.2) is 176 Å². The lowest BCUT2D eigenvalue weighted by atomic mass is 9.78. The normalized spacial score (nSPS) is 13.9. The lowest BCUT2D eigenvalue weighted by Crippen LogP contribution is -2.07. The first-order chi connectivity index (χ1) is 29.4. The van der Waals surface area contributed by atoms with Gasteiger partial charge in [0.25, 0.3) is 0 Å². The van der Waals surface area contributed by atoms with Crippen LogP contribution in [0.1, 0.15) is 57.3 Å². The van der Waals surface area contributed by atoms with Crippen molar-refractivity contribution in [3.63, 3.8) is 0 Å². The van der Waals surface area contributed by atoms with Crippen molar-refractivity contribution in [3.8, 4) is 0 Å². The molecule has 0 aliphatic carbocycles. The number of aliphatic hydroxyl groups is 4. The molecule has 0 amide bonds. The fourth-order valence-electron chi connectivity index (χ4n) is 10.2. The number of hydrogen-bond acceptors (Lipinski definition) is 4. The summed E-state index contributed by atoms with van der Waals surface area (Å²) in [4.78, 5) is 0. The zero-order valence-electron chi connectivity index (χ0n) is 32.5. The fourth-order valence-corrected chi connectivity index (χ4v) is 10.2. The highest BCUT2D eigenvalue weighted by molar-refractivity contribution is 6.41. The molecule has 3 unspecified atom stereocenters. The van der Waals surface area contributed by atoms with Crippen molar-refractivity contribution in [2.45, 2.75) is 24.9 Å². The van der Waals surface area contributed by atoms with Crippen LogP contribution in [0.3, 0.4) is 0 Å². The lowest BCUT2D eigenvalue weighted by Gasteiger charge is -2.26. The van der Waals surface area contributed by atoms with Gasteiger partial charge < -0.3 is 20.4 Å². The molecule has 60 heavy (non-hydrogen) atoms. The topological polar surface area (TPSA) is 80.9 Å². The molecular weight excluding hydrogens is 737 g/mol. The highest BCUT2D eigenvalue weighted by atomic mass is 16.3. The lowest BCUT2D eigenvalue weighted by molar-refractivity contribution is 0.221. The monoisotopic (exact) mass is 774 g/mol. The van der Waals surface area contributed by atoms with Crippen molar-refractivity contribution in [1.29, 1.82) is 0 Å². The zero-order chi connectivity index (χ0) is 40.2. The van der Waals surface area contributed by atoms with Crippen LogP contribution in [0.2, 0.25) is 0 Å². The van der Waals surface area contributed by atoms with Gasteiger partial charge in [0.1, 0.15) is 18.3 Å². The largest absolute Gasteiger partial charge is 0.392 e. The quantitative estimate of drug-likeness (QED) is 0.0960. The van der Waals surface area contributed by atoms with Crippen LogP contribution in [0.5, 0.6) is 0 Å². The molecule has 4 N–H and O–H groups in total. The van der Waals surface area contributed by atoms with Crippen molar-refractivity contribution in [3.05, 3.63) is 215 Å². The molecule has 0 saturated heterocycles. The summed E-state index contributed by atoms with van der Waals surface area (Å²) in [5.41, 5.74) is 5.45. The maximum atomic E-state index is 12.6. The molecule has 0 radical (unpaired) electrons. The van der Waals surface area contributed by atoms with Crippen LogP contribution in [0, 0.1) is 0 Å². The van der Waals surface area contributed by atoms with E-state index in [0.717, 1.165) is 125 Å². The minimum atomic E-state index is -0.964. The highest BCUT2D eigenvalue weighted by Crippen LogP contribution is 2.51. The molecule has 286 valence electrons. The van der Waals surface area contributed by atoms with Crippen LogP contribution in [-0.4, -0.2) is 20.4 Å². The third-order valence-corrected chi connectivity index (χ3v) is 13.1. The van der Waals surface area contributed by atoms with Crippen LogP contribution in [-0.2, 0) is 6.61 Å². The summed E-state index contributed by atoms with van der Waals surface area (Å²) < 4.78 is 0. The third kappa shape index (κ3) is 5.13. The summed E-state index contributed by atoms with van der Waals surface area (Å²) in [5, 5.41) is 64.0. The number of hydrogen-bond donors (Lipinski definition) is 4. The standard InChI is InChI=1S/C56H38O4/c57-30-41-28-40-29-48(56(60)39-18-15-33-9-3-6-12-36(33)27-39)44-21-24-47(55(59)38-17-14-32-8-2-5-11-35(32)26-38)51-46-23-22-45(43-20-19-42(41)52(50(43)46)49(40)53(44)51)54(58)37-16-13-31-7-1-4-10-34(31)25-37/h1-29,54-60H,30H2. The zero-order valence-corrected chi connectivity index (χ0v) is 32.5. The summed E-state index contributed by atoms with van der Waals surface area (Å²) in [5.74, 6) is 0. The van der Waals surface area contributed by atoms with Gasteiger partial charge in [0.15, 0.2) is 0 Å². The van der Waals surface area contributed by atoms with E-state index in [-0.39, 0.29) is 6.61 Å². The Kier molecular flexibility index (Phi) is 7.77. The average molecular weight is 775 g/mol. The van der Waals surface area contributed by atoms with E-state index >= 15 is 0 Å². The Morgan fingerprint density at radius 3 is 1.30 bits per heavy atom. The van der Waals surface area contributed by atoms with E-state index in [2.05, 4.69) is 109 Å². The second-order valence-corrected chi connectivity index (χ2v) is 16.4. The molecule has 0 heterocycles. The minimum absolute atomic E-state index is 0.166. The number of benzene rings is 12. The Morgan fingerprint density at radius 1 is 0.300 bits per heavy atom. The van der Waals surface area contributed by atoms with Gasteiger partial charge in [0.05, 0.1) is 6.61 Å².